The van der Waals surface area contributed by atoms with E-state index < -0.39 is 0 Å². The molecule has 0 spiro atoms. The molecule has 0 aromatic carbocycles. The summed E-state index contributed by atoms with van der Waals surface area (Å²) in [6.07, 6.45) is 5.10. The molecule has 0 fully saturated rings. The number of aliphatic hydroxyl groups excluding tert-OH is 1. The van der Waals surface area contributed by atoms with E-state index in [-0.39, 0.29) is 6.10 Å². The lowest BCUT2D eigenvalue weighted by Gasteiger charge is -2.05. The van der Waals surface area contributed by atoms with Gasteiger partial charge in [-0.05, 0) is 44.2 Å². The molecule has 0 aliphatic carbocycles. The van der Waals surface area contributed by atoms with Crippen molar-refractivity contribution >= 4 is 11.3 Å². The van der Waals surface area contributed by atoms with Gasteiger partial charge < -0.3 is 5.11 Å². The zero-order valence-electron chi connectivity index (χ0n) is 9.12. The molecule has 0 bridgehead atoms. The van der Waals surface area contributed by atoms with Crippen LogP contribution in [0.1, 0.15) is 42.9 Å². The van der Waals surface area contributed by atoms with Gasteiger partial charge in [0.15, 0.2) is 0 Å². The molecule has 0 aliphatic heterocycles. The largest absolute Gasteiger partial charge is 0.393 e. The van der Waals surface area contributed by atoms with E-state index in [9.17, 15) is 5.11 Å². The molecule has 1 aromatic rings. The molecule has 0 amide bonds. The van der Waals surface area contributed by atoms with E-state index in [0.717, 1.165) is 32.1 Å². The average Bonchev–Trinajstić information content (AvgIpc) is 2.65. The molecule has 14 heavy (non-hydrogen) atoms. The van der Waals surface area contributed by atoms with Gasteiger partial charge in [0.05, 0.1) is 6.10 Å². The van der Waals surface area contributed by atoms with Crippen LogP contribution in [-0.2, 0) is 12.8 Å². The molecule has 1 aromatic heterocycles. The maximum Gasteiger partial charge on any atom is 0.0537 e. The number of aryl methyl sites for hydroxylation is 2. The lowest BCUT2D eigenvalue weighted by Crippen LogP contribution is -2.03. The Balaban J connectivity index is 2.24. The SMILES string of the molecule is CCc1ccc(CCCC(O)CC)s1. The molecule has 1 N–H and O–H groups in total. The second-order valence-electron chi connectivity index (χ2n) is 3.68. The topological polar surface area (TPSA) is 20.2 Å². The summed E-state index contributed by atoms with van der Waals surface area (Å²) in [7, 11) is 0. The average molecular weight is 212 g/mol. The van der Waals surface area contributed by atoms with Gasteiger partial charge >= 0.3 is 0 Å². The van der Waals surface area contributed by atoms with Gasteiger partial charge in [0.1, 0.15) is 0 Å². The fourth-order valence-electron chi connectivity index (χ4n) is 1.46. The zero-order chi connectivity index (χ0) is 10.4. The lowest BCUT2D eigenvalue weighted by atomic mass is 10.1. The molecule has 1 atom stereocenters. The normalized spacial score (nSPS) is 13.1. The fraction of sp³-hybridized carbons (Fsp3) is 0.667. The monoisotopic (exact) mass is 212 g/mol. The molecular weight excluding hydrogens is 192 g/mol. The summed E-state index contributed by atoms with van der Waals surface area (Å²) in [6.45, 7) is 4.22. The molecule has 1 unspecified atom stereocenters. The van der Waals surface area contributed by atoms with Crippen LogP contribution < -0.4 is 0 Å². The van der Waals surface area contributed by atoms with E-state index in [1.807, 2.05) is 18.3 Å². The van der Waals surface area contributed by atoms with Crippen LogP contribution in [0.15, 0.2) is 12.1 Å². The highest BCUT2D eigenvalue weighted by Gasteiger charge is 2.02. The van der Waals surface area contributed by atoms with E-state index in [4.69, 9.17) is 0 Å². The van der Waals surface area contributed by atoms with Gasteiger partial charge in [-0.2, -0.15) is 0 Å². The quantitative estimate of drug-likeness (QED) is 0.766. The Bertz CT molecular complexity index is 255. The number of thiophene rings is 1. The van der Waals surface area contributed by atoms with E-state index in [1.165, 1.54) is 9.75 Å². The standard InChI is InChI=1S/C12H20OS/c1-3-10(13)6-5-7-12-9-8-11(4-2)14-12/h8-10,13H,3-7H2,1-2H3. The first-order chi connectivity index (χ1) is 6.76. The Morgan fingerprint density at radius 2 is 2.00 bits per heavy atom. The predicted octanol–water partition coefficient (Wildman–Crippen LogP) is 3.40. The Kier molecular flexibility index (Phi) is 5.20. The van der Waals surface area contributed by atoms with E-state index in [1.54, 1.807) is 0 Å². The van der Waals surface area contributed by atoms with Gasteiger partial charge in [-0.1, -0.05) is 13.8 Å². The van der Waals surface area contributed by atoms with Crippen molar-refractivity contribution < 1.29 is 5.11 Å². The molecule has 80 valence electrons. The maximum atomic E-state index is 9.39. The summed E-state index contributed by atoms with van der Waals surface area (Å²) in [5.41, 5.74) is 0. The smallest absolute Gasteiger partial charge is 0.0537 e. The summed E-state index contributed by atoms with van der Waals surface area (Å²) < 4.78 is 0. The maximum absolute atomic E-state index is 9.39. The molecule has 0 saturated carbocycles. The first-order valence-corrected chi connectivity index (χ1v) is 6.33. The Morgan fingerprint density at radius 1 is 1.29 bits per heavy atom. The van der Waals surface area contributed by atoms with Gasteiger partial charge in [0.2, 0.25) is 0 Å². The van der Waals surface area contributed by atoms with Crippen molar-refractivity contribution in [3.05, 3.63) is 21.9 Å². The van der Waals surface area contributed by atoms with Crippen molar-refractivity contribution in [2.24, 2.45) is 0 Å². The van der Waals surface area contributed by atoms with Crippen molar-refractivity contribution in [2.75, 3.05) is 0 Å². The van der Waals surface area contributed by atoms with Crippen LogP contribution >= 0.6 is 11.3 Å². The minimum absolute atomic E-state index is 0.0967. The molecule has 1 nitrogen and oxygen atoms in total. The summed E-state index contributed by atoms with van der Waals surface area (Å²) in [5, 5.41) is 9.39. The van der Waals surface area contributed by atoms with Crippen LogP contribution in [0.4, 0.5) is 0 Å². The van der Waals surface area contributed by atoms with Crippen LogP contribution in [-0.4, -0.2) is 11.2 Å². The van der Waals surface area contributed by atoms with E-state index >= 15 is 0 Å². The molecular formula is C12H20OS. The zero-order valence-corrected chi connectivity index (χ0v) is 9.94. The molecule has 1 heterocycles. The number of hydrogen-bond donors (Lipinski definition) is 1. The van der Waals surface area contributed by atoms with Gasteiger partial charge in [-0.15, -0.1) is 11.3 Å². The number of hydrogen-bond acceptors (Lipinski definition) is 2. The highest BCUT2D eigenvalue weighted by molar-refractivity contribution is 7.11. The van der Waals surface area contributed by atoms with Crippen LogP contribution in [0.3, 0.4) is 0 Å². The predicted molar refractivity (Wildman–Crippen MR) is 62.9 cm³/mol. The Morgan fingerprint density at radius 3 is 2.57 bits per heavy atom. The van der Waals surface area contributed by atoms with Gasteiger partial charge in [-0.3, -0.25) is 0 Å². The summed E-state index contributed by atoms with van der Waals surface area (Å²) in [4.78, 5) is 2.93. The van der Waals surface area contributed by atoms with Crippen molar-refractivity contribution in [3.8, 4) is 0 Å². The summed E-state index contributed by atoms with van der Waals surface area (Å²) >= 11 is 1.91. The molecule has 1 rings (SSSR count). The number of rotatable bonds is 6. The van der Waals surface area contributed by atoms with Crippen LogP contribution in [0.25, 0.3) is 0 Å². The van der Waals surface area contributed by atoms with E-state index in [2.05, 4.69) is 19.1 Å². The third-order valence-electron chi connectivity index (χ3n) is 2.50. The van der Waals surface area contributed by atoms with Crippen molar-refractivity contribution in [2.45, 2.75) is 52.1 Å². The van der Waals surface area contributed by atoms with Crippen LogP contribution in [0.2, 0.25) is 0 Å². The molecule has 0 radical (unpaired) electrons. The molecule has 0 saturated heterocycles. The highest BCUT2D eigenvalue weighted by atomic mass is 32.1. The highest BCUT2D eigenvalue weighted by Crippen LogP contribution is 2.19. The number of aliphatic hydroxyl groups is 1. The summed E-state index contributed by atoms with van der Waals surface area (Å²) in [5.74, 6) is 0. The molecule has 2 heteroatoms. The molecule has 0 aliphatic rings. The van der Waals surface area contributed by atoms with Crippen LogP contribution in [0, 0.1) is 0 Å². The van der Waals surface area contributed by atoms with Gasteiger partial charge in [0, 0.05) is 9.75 Å². The fourth-order valence-corrected chi connectivity index (χ4v) is 2.46. The van der Waals surface area contributed by atoms with Crippen molar-refractivity contribution in [3.63, 3.8) is 0 Å². The lowest BCUT2D eigenvalue weighted by molar-refractivity contribution is 0.158. The third kappa shape index (κ3) is 3.81. The van der Waals surface area contributed by atoms with Gasteiger partial charge in [0.25, 0.3) is 0 Å². The van der Waals surface area contributed by atoms with Crippen molar-refractivity contribution in [1.82, 2.24) is 0 Å². The van der Waals surface area contributed by atoms with E-state index in [0.29, 0.717) is 0 Å². The minimum atomic E-state index is -0.0967. The Hall–Kier alpha value is -0.340. The van der Waals surface area contributed by atoms with Crippen molar-refractivity contribution in [1.29, 1.82) is 0 Å². The van der Waals surface area contributed by atoms with Gasteiger partial charge in [-0.25, -0.2) is 0 Å². The first-order valence-electron chi connectivity index (χ1n) is 5.51. The second kappa shape index (κ2) is 6.20. The third-order valence-corrected chi connectivity index (χ3v) is 3.79. The van der Waals surface area contributed by atoms with Crippen LogP contribution in [0.5, 0.6) is 0 Å². The summed E-state index contributed by atoms with van der Waals surface area (Å²) in [6, 6.07) is 4.44. The Labute approximate surface area is 90.8 Å². The second-order valence-corrected chi connectivity index (χ2v) is 4.93. The minimum Gasteiger partial charge on any atom is -0.393 e. The first kappa shape index (κ1) is 11.7.